The van der Waals surface area contributed by atoms with Gasteiger partial charge < -0.3 is 4.74 Å². The first-order valence-corrected chi connectivity index (χ1v) is 13.9. The number of sulfonamides is 1. The van der Waals surface area contributed by atoms with Crippen LogP contribution >= 0.6 is 22.9 Å². The van der Waals surface area contributed by atoms with Crippen molar-refractivity contribution in [3.8, 4) is 10.6 Å². The lowest BCUT2D eigenvalue weighted by molar-refractivity contribution is 0.0852. The Hall–Kier alpha value is -2.73. The summed E-state index contributed by atoms with van der Waals surface area (Å²) in [6.07, 6.45) is 7.34. The Morgan fingerprint density at radius 2 is 1.89 bits per heavy atom. The van der Waals surface area contributed by atoms with Crippen molar-refractivity contribution in [3.63, 3.8) is 0 Å². The molecule has 0 radical (unpaired) electrons. The normalized spacial score (nSPS) is 17.2. The minimum Gasteiger partial charge on any atom is -0.381 e. The van der Waals surface area contributed by atoms with Crippen LogP contribution in [0.25, 0.3) is 16.1 Å². The van der Waals surface area contributed by atoms with Gasteiger partial charge in [-0.1, -0.05) is 23.7 Å². The molecule has 1 saturated heterocycles. The lowest BCUT2D eigenvalue weighted by Gasteiger charge is -2.20. The van der Waals surface area contributed by atoms with Gasteiger partial charge in [0.1, 0.15) is 18.0 Å². The third kappa shape index (κ3) is 4.93. The van der Waals surface area contributed by atoms with E-state index in [0.29, 0.717) is 43.0 Å². The zero-order valence-corrected chi connectivity index (χ0v) is 21.3. The minimum absolute atomic E-state index is 0.0508. The van der Waals surface area contributed by atoms with Crippen molar-refractivity contribution in [3.05, 3.63) is 75.9 Å². The SMILES string of the molecule is O=S(=O)(NC1=CCCC(c2nc(C3CCOCC3)sc2-c2ccncn2)=C1Cl)c1c(F)cccc1F. The number of aromatic nitrogens is 3. The van der Waals surface area contributed by atoms with Crippen LogP contribution in [0.4, 0.5) is 8.78 Å². The number of hydrogen-bond donors (Lipinski definition) is 1. The fourth-order valence-corrected chi connectivity index (χ4v) is 7.06. The topological polar surface area (TPSA) is 94.1 Å². The highest BCUT2D eigenvalue weighted by Crippen LogP contribution is 2.43. The highest BCUT2D eigenvalue weighted by Gasteiger charge is 2.30. The third-order valence-electron chi connectivity index (χ3n) is 5.99. The molecule has 1 fully saturated rings. The molecule has 7 nitrogen and oxygen atoms in total. The molecule has 0 atom stereocenters. The lowest BCUT2D eigenvalue weighted by atomic mass is 9.98. The summed E-state index contributed by atoms with van der Waals surface area (Å²) >= 11 is 8.24. The predicted molar refractivity (Wildman–Crippen MR) is 133 cm³/mol. The van der Waals surface area contributed by atoms with Gasteiger partial charge in [0.05, 0.1) is 32.0 Å². The summed E-state index contributed by atoms with van der Waals surface area (Å²) in [5.41, 5.74) is 1.98. The molecule has 1 N–H and O–H groups in total. The quantitative estimate of drug-likeness (QED) is 0.443. The van der Waals surface area contributed by atoms with Crippen LogP contribution < -0.4 is 4.72 Å². The number of thiazole rings is 1. The van der Waals surface area contributed by atoms with Gasteiger partial charge in [-0.3, -0.25) is 4.72 Å². The molecular formula is C24H21ClF2N4O3S2. The van der Waals surface area contributed by atoms with E-state index in [9.17, 15) is 17.2 Å². The maximum atomic E-state index is 14.2. The van der Waals surface area contributed by atoms with E-state index in [2.05, 4.69) is 14.7 Å². The van der Waals surface area contributed by atoms with Crippen molar-refractivity contribution in [2.75, 3.05) is 13.2 Å². The van der Waals surface area contributed by atoms with E-state index in [4.69, 9.17) is 21.3 Å². The Balaban J connectivity index is 1.55. The summed E-state index contributed by atoms with van der Waals surface area (Å²) in [6, 6.07) is 4.65. The summed E-state index contributed by atoms with van der Waals surface area (Å²) in [6.45, 7) is 1.32. The van der Waals surface area contributed by atoms with Crippen molar-refractivity contribution in [2.24, 2.45) is 0 Å². The molecule has 0 unspecified atom stereocenters. The van der Waals surface area contributed by atoms with Gasteiger partial charge in [-0.15, -0.1) is 11.3 Å². The first-order chi connectivity index (χ1) is 17.3. The van der Waals surface area contributed by atoms with Crippen LogP contribution in [0.3, 0.4) is 0 Å². The molecule has 12 heteroatoms. The van der Waals surface area contributed by atoms with Crippen LogP contribution in [-0.2, 0) is 14.8 Å². The molecule has 188 valence electrons. The van der Waals surface area contributed by atoms with Crippen LogP contribution in [-0.4, -0.2) is 36.6 Å². The van der Waals surface area contributed by atoms with Crippen molar-refractivity contribution in [2.45, 2.75) is 36.5 Å². The van der Waals surface area contributed by atoms with E-state index < -0.39 is 26.6 Å². The van der Waals surface area contributed by atoms with Crippen LogP contribution in [0.1, 0.15) is 42.3 Å². The van der Waals surface area contributed by atoms with E-state index in [1.54, 1.807) is 18.3 Å². The molecule has 1 aromatic carbocycles. The predicted octanol–water partition coefficient (Wildman–Crippen LogP) is 5.38. The molecule has 3 aromatic rings. The Labute approximate surface area is 216 Å². The number of halogens is 3. The highest BCUT2D eigenvalue weighted by atomic mass is 35.5. The van der Waals surface area contributed by atoms with Gasteiger partial charge in [-0.25, -0.2) is 32.2 Å². The van der Waals surface area contributed by atoms with Crippen LogP contribution in [0.2, 0.25) is 0 Å². The number of allylic oxidation sites excluding steroid dienone is 3. The number of benzene rings is 1. The van der Waals surface area contributed by atoms with Gasteiger partial charge in [-0.05, 0) is 43.9 Å². The molecule has 1 aliphatic heterocycles. The fraction of sp³-hybridized carbons (Fsp3) is 0.292. The summed E-state index contributed by atoms with van der Waals surface area (Å²) < 4.78 is 61.9. The van der Waals surface area contributed by atoms with Gasteiger partial charge in [0.15, 0.2) is 4.90 Å². The Morgan fingerprint density at radius 1 is 1.14 bits per heavy atom. The van der Waals surface area contributed by atoms with E-state index in [1.165, 1.54) is 17.7 Å². The summed E-state index contributed by atoms with van der Waals surface area (Å²) in [7, 11) is -4.57. The van der Waals surface area contributed by atoms with Crippen molar-refractivity contribution in [1.82, 2.24) is 19.7 Å². The largest absolute Gasteiger partial charge is 0.381 e. The number of ether oxygens (including phenoxy) is 1. The van der Waals surface area contributed by atoms with E-state index in [0.717, 1.165) is 40.9 Å². The lowest BCUT2D eigenvalue weighted by Crippen LogP contribution is -2.26. The maximum absolute atomic E-state index is 14.2. The van der Waals surface area contributed by atoms with Gasteiger partial charge >= 0.3 is 0 Å². The van der Waals surface area contributed by atoms with Crippen LogP contribution in [0, 0.1) is 11.6 Å². The fourth-order valence-electron chi connectivity index (χ4n) is 4.23. The van der Waals surface area contributed by atoms with E-state index in [-0.39, 0.29) is 16.6 Å². The smallest absolute Gasteiger partial charge is 0.267 e. The molecule has 1 aliphatic carbocycles. The number of nitrogens with one attached hydrogen (secondary N) is 1. The average Bonchev–Trinajstić information content (AvgIpc) is 3.31. The molecule has 0 bridgehead atoms. The molecule has 0 amide bonds. The molecule has 5 rings (SSSR count). The first-order valence-electron chi connectivity index (χ1n) is 11.3. The Kier molecular flexibility index (Phi) is 7.16. The summed E-state index contributed by atoms with van der Waals surface area (Å²) in [4.78, 5) is 13.1. The minimum atomic E-state index is -4.57. The summed E-state index contributed by atoms with van der Waals surface area (Å²) in [5.74, 6) is -2.14. The van der Waals surface area contributed by atoms with Gasteiger partial charge in [0.2, 0.25) is 0 Å². The average molecular weight is 551 g/mol. The van der Waals surface area contributed by atoms with Crippen molar-refractivity contribution < 1.29 is 21.9 Å². The van der Waals surface area contributed by atoms with Gasteiger partial charge in [-0.2, -0.15) is 0 Å². The summed E-state index contributed by atoms with van der Waals surface area (Å²) in [5, 5.41) is 1.06. The second-order valence-electron chi connectivity index (χ2n) is 8.32. The van der Waals surface area contributed by atoms with E-state index >= 15 is 0 Å². The molecule has 2 aromatic heterocycles. The number of hydrogen-bond acceptors (Lipinski definition) is 7. The highest BCUT2D eigenvalue weighted by molar-refractivity contribution is 7.89. The second kappa shape index (κ2) is 10.3. The third-order valence-corrected chi connectivity index (χ3v) is 9.08. The molecule has 2 aliphatic rings. The van der Waals surface area contributed by atoms with Gasteiger partial charge in [0, 0.05) is 30.9 Å². The van der Waals surface area contributed by atoms with E-state index in [1.807, 2.05) is 0 Å². The number of rotatable bonds is 6. The Bertz CT molecular complexity index is 1430. The zero-order valence-electron chi connectivity index (χ0n) is 18.9. The van der Waals surface area contributed by atoms with Gasteiger partial charge in [0.25, 0.3) is 10.0 Å². The van der Waals surface area contributed by atoms with Crippen molar-refractivity contribution >= 4 is 38.5 Å². The molecular weight excluding hydrogens is 530 g/mol. The molecule has 0 saturated carbocycles. The Morgan fingerprint density at radius 3 is 2.58 bits per heavy atom. The maximum Gasteiger partial charge on any atom is 0.267 e. The monoisotopic (exact) mass is 550 g/mol. The van der Waals surface area contributed by atoms with Crippen LogP contribution in [0.15, 0.2) is 58.5 Å². The second-order valence-corrected chi connectivity index (χ2v) is 11.3. The van der Waals surface area contributed by atoms with Crippen LogP contribution in [0.5, 0.6) is 0 Å². The number of nitrogens with zero attached hydrogens (tertiary/aromatic N) is 3. The standard InChI is InChI=1S/C24H21ClF2N4O3S2/c25-20-15(3-1-6-18(20)31-36(32,33)23-16(26)4-2-5-17(23)27)21-22(19-7-10-28-13-29-19)35-24(30-21)14-8-11-34-12-9-14/h2,4-7,10,13-14,31H,1,3,8-9,11-12H2. The first kappa shape index (κ1) is 24.9. The molecule has 0 spiro atoms. The zero-order chi connectivity index (χ0) is 25.3. The van der Waals surface area contributed by atoms with Crippen molar-refractivity contribution in [1.29, 1.82) is 0 Å². The molecule has 36 heavy (non-hydrogen) atoms. The molecule has 3 heterocycles.